The van der Waals surface area contributed by atoms with Gasteiger partial charge in [-0.1, -0.05) is 23.2 Å². The molecule has 7 heteroatoms. The number of aromatic nitrogens is 2. The van der Waals surface area contributed by atoms with Gasteiger partial charge >= 0.3 is 0 Å². The highest BCUT2D eigenvalue weighted by Crippen LogP contribution is 2.40. The summed E-state index contributed by atoms with van der Waals surface area (Å²) in [6, 6.07) is 5.81. The minimum atomic E-state index is 0.270. The first-order valence-corrected chi connectivity index (χ1v) is 9.10. The van der Waals surface area contributed by atoms with Gasteiger partial charge in [0.05, 0.1) is 10.7 Å². The van der Waals surface area contributed by atoms with Gasteiger partial charge < -0.3 is 15.0 Å². The molecule has 1 aliphatic rings. The zero-order chi connectivity index (χ0) is 18.0. The minimum Gasteiger partial charge on any atom is -0.385 e. The number of aryl methyl sites for hydroxylation is 1. The lowest BCUT2D eigenvalue weighted by atomic mass is 10.2. The van der Waals surface area contributed by atoms with E-state index in [1.54, 1.807) is 13.2 Å². The molecule has 0 aliphatic carbocycles. The fourth-order valence-corrected chi connectivity index (χ4v) is 3.53. The first-order chi connectivity index (χ1) is 12.0. The molecule has 1 atom stereocenters. The van der Waals surface area contributed by atoms with Gasteiger partial charge in [0.2, 0.25) is 0 Å². The molecule has 0 spiro atoms. The fraction of sp³-hybridized carbons (Fsp3) is 0.444. The monoisotopic (exact) mass is 380 g/mol. The Labute approximate surface area is 158 Å². The van der Waals surface area contributed by atoms with Crippen molar-refractivity contribution >= 4 is 40.5 Å². The molecule has 1 aliphatic heterocycles. The molecule has 0 fully saturated rings. The van der Waals surface area contributed by atoms with Gasteiger partial charge in [-0.25, -0.2) is 9.97 Å². The van der Waals surface area contributed by atoms with Crippen LogP contribution >= 0.6 is 23.2 Å². The molecule has 1 unspecified atom stereocenters. The Kier molecular flexibility index (Phi) is 5.67. The van der Waals surface area contributed by atoms with Crippen molar-refractivity contribution < 1.29 is 4.74 Å². The highest BCUT2D eigenvalue weighted by Gasteiger charge is 2.28. The van der Waals surface area contributed by atoms with E-state index in [0.717, 1.165) is 48.1 Å². The number of nitrogens with zero attached hydrogens (tertiary/aromatic N) is 3. The summed E-state index contributed by atoms with van der Waals surface area (Å²) < 4.78 is 5.16. The third-order valence-corrected chi connectivity index (χ3v) is 4.81. The minimum absolute atomic E-state index is 0.270. The van der Waals surface area contributed by atoms with Gasteiger partial charge in [0.25, 0.3) is 0 Å². The Morgan fingerprint density at radius 2 is 2.12 bits per heavy atom. The van der Waals surface area contributed by atoms with Crippen LogP contribution in [0.15, 0.2) is 18.2 Å². The number of nitrogens with one attached hydrogen (secondary N) is 1. The van der Waals surface area contributed by atoms with E-state index in [1.807, 2.05) is 19.1 Å². The van der Waals surface area contributed by atoms with Crippen LogP contribution in [0.1, 0.15) is 24.7 Å². The number of rotatable bonds is 6. The average molecular weight is 381 g/mol. The number of anilines is 3. The van der Waals surface area contributed by atoms with Gasteiger partial charge in [-0.05, 0) is 44.9 Å². The quantitative estimate of drug-likeness (QED) is 0.791. The van der Waals surface area contributed by atoms with Crippen LogP contribution < -0.4 is 10.2 Å². The highest BCUT2D eigenvalue weighted by molar-refractivity contribution is 6.36. The molecular formula is C18H22Cl2N4O. The smallest absolute Gasteiger partial charge is 0.142 e. The van der Waals surface area contributed by atoms with Crippen LogP contribution in [0.4, 0.5) is 17.3 Å². The molecular weight excluding hydrogens is 359 g/mol. The maximum atomic E-state index is 6.40. The topological polar surface area (TPSA) is 50.3 Å². The molecule has 0 bridgehead atoms. The van der Waals surface area contributed by atoms with Crippen molar-refractivity contribution in [3.05, 3.63) is 39.6 Å². The summed E-state index contributed by atoms with van der Waals surface area (Å²) in [4.78, 5) is 11.4. The zero-order valence-electron chi connectivity index (χ0n) is 14.6. The Morgan fingerprint density at radius 3 is 2.84 bits per heavy atom. The molecule has 134 valence electrons. The molecule has 3 rings (SSSR count). The van der Waals surface area contributed by atoms with Crippen LogP contribution in [-0.2, 0) is 11.2 Å². The Bertz CT molecular complexity index is 769. The second-order valence-corrected chi connectivity index (χ2v) is 7.09. The molecule has 5 nitrogen and oxygen atoms in total. The second kappa shape index (κ2) is 7.77. The maximum absolute atomic E-state index is 6.40. The number of benzene rings is 1. The molecule has 2 aromatic rings. The summed E-state index contributed by atoms with van der Waals surface area (Å²) in [7, 11) is 1.72. The molecule has 1 aromatic heterocycles. The fourth-order valence-electron chi connectivity index (χ4n) is 3.02. The van der Waals surface area contributed by atoms with Crippen LogP contribution in [0.2, 0.25) is 10.0 Å². The van der Waals surface area contributed by atoms with Crippen molar-refractivity contribution in [3.63, 3.8) is 0 Å². The van der Waals surface area contributed by atoms with Crippen LogP contribution in [0.5, 0.6) is 0 Å². The van der Waals surface area contributed by atoms with E-state index in [0.29, 0.717) is 16.7 Å². The van der Waals surface area contributed by atoms with E-state index in [4.69, 9.17) is 27.9 Å². The standard InChI is InChI=1S/C18H22Cl2N4O/c1-11(7-9-25-3)21-17-14-6-8-24(18(14)23-12(2)22-17)16-5-4-13(19)10-15(16)20/h4-5,10-11H,6-9H2,1-3H3,(H,21,22,23). The first kappa shape index (κ1) is 18.2. The van der Waals surface area contributed by atoms with E-state index in [1.165, 1.54) is 0 Å². The second-order valence-electron chi connectivity index (χ2n) is 6.25. The number of halogens is 2. The number of methoxy groups -OCH3 is 1. The molecule has 0 saturated heterocycles. The van der Waals surface area contributed by atoms with Crippen molar-refractivity contribution in [1.29, 1.82) is 0 Å². The normalized spacial score (nSPS) is 14.5. The van der Waals surface area contributed by atoms with Gasteiger partial charge in [-0.15, -0.1) is 0 Å². The van der Waals surface area contributed by atoms with E-state index >= 15 is 0 Å². The third-order valence-electron chi connectivity index (χ3n) is 4.28. The first-order valence-electron chi connectivity index (χ1n) is 8.35. The van der Waals surface area contributed by atoms with Crippen molar-refractivity contribution in [3.8, 4) is 0 Å². The van der Waals surface area contributed by atoms with Gasteiger partial charge in [0, 0.05) is 36.9 Å². The van der Waals surface area contributed by atoms with Crippen molar-refractivity contribution in [2.75, 3.05) is 30.5 Å². The van der Waals surface area contributed by atoms with E-state index in [-0.39, 0.29) is 6.04 Å². The lowest BCUT2D eigenvalue weighted by Gasteiger charge is -2.21. The van der Waals surface area contributed by atoms with Crippen molar-refractivity contribution in [2.24, 2.45) is 0 Å². The molecule has 0 saturated carbocycles. The molecule has 1 aromatic carbocycles. The third kappa shape index (κ3) is 4.00. The van der Waals surface area contributed by atoms with Crippen LogP contribution in [0.3, 0.4) is 0 Å². The van der Waals surface area contributed by atoms with Crippen LogP contribution in [0.25, 0.3) is 0 Å². The highest BCUT2D eigenvalue weighted by atomic mass is 35.5. The summed E-state index contributed by atoms with van der Waals surface area (Å²) in [6.45, 7) is 5.57. The van der Waals surface area contributed by atoms with E-state index in [9.17, 15) is 0 Å². The summed E-state index contributed by atoms with van der Waals surface area (Å²) in [5.74, 6) is 2.55. The molecule has 0 radical (unpaired) electrons. The Balaban J connectivity index is 1.92. The van der Waals surface area contributed by atoms with E-state index in [2.05, 4.69) is 27.1 Å². The molecule has 1 N–H and O–H groups in total. The molecule has 0 amide bonds. The lowest BCUT2D eigenvalue weighted by Crippen LogP contribution is -2.20. The number of ether oxygens (including phenoxy) is 1. The summed E-state index contributed by atoms with van der Waals surface area (Å²) in [6.07, 6.45) is 1.79. The SMILES string of the molecule is COCCC(C)Nc1nc(C)nc2c1CCN2c1ccc(Cl)cc1Cl. The zero-order valence-corrected chi connectivity index (χ0v) is 16.2. The average Bonchev–Trinajstić information content (AvgIpc) is 2.96. The predicted molar refractivity (Wildman–Crippen MR) is 104 cm³/mol. The van der Waals surface area contributed by atoms with Gasteiger partial charge in [-0.2, -0.15) is 0 Å². The van der Waals surface area contributed by atoms with Gasteiger partial charge in [-0.3, -0.25) is 0 Å². The van der Waals surface area contributed by atoms with Gasteiger partial charge in [0.1, 0.15) is 17.5 Å². The lowest BCUT2D eigenvalue weighted by molar-refractivity contribution is 0.191. The molecule has 25 heavy (non-hydrogen) atoms. The number of fused-ring (bicyclic) bond motifs is 1. The number of hydrogen-bond acceptors (Lipinski definition) is 5. The van der Waals surface area contributed by atoms with E-state index < -0.39 is 0 Å². The summed E-state index contributed by atoms with van der Waals surface area (Å²) >= 11 is 12.4. The van der Waals surface area contributed by atoms with Crippen LogP contribution in [-0.4, -0.2) is 36.3 Å². The van der Waals surface area contributed by atoms with Gasteiger partial charge in [0.15, 0.2) is 0 Å². The maximum Gasteiger partial charge on any atom is 0.142 e. The number of hydrogen-bond donors (Lipinski definition) is 1. The Hall–Kier alpha value is -1.56. The summed E-state index contributed by atoms with van der Waals surface area (Å²) in [5, 5.41) is 4.75. The van der Waals surface area contributed by atoms with Crippen molar-refractivity contribution in [2.45, 2.75) is 32.7 Å². The largest absolute Gasteiger partial charge is 0.385 e. The van der Waals surface area contributed by atoms with Crippen molar-refractivity contribution in [1.82, 2.24) is 9.97 Å². The van der Waals surface area contributed by atoms with Crippen LogP contribution in [0, 0.1) is 6.92 Å². The summed E-state index contributed by atoms with van der Waals surface area (Å²) in [5.41, 5.74) is 2.04. The Morgan fingerprint density at radius 1 is 1.32 bits per heavy atom. The molecule has 2 heterocycles. The predicted octanol–water partition coefficient (Wildman–Crippen LogP) is 4.62.